The van der Waals surface area contributed by atoms with E-state index in [9.17, 15) is 9.59 Å². The molecule has 0 unspecified atom stereocenters. The number of hydrogen-bond donors (Lipinski definition) is 3. The Hall–Kier alpha value is -2.53. The summed E-state index contributed by atoms with van der Waals surface area (Å²) in [6.45, 7) is 7.84. The highest BCUT2D eigenvalue weighted by Gasteiger charge is 2.18. The van der Waals surface area contributed by atoms with E-state index in [4.69, 9.17) is 5.73 Å². The number of amides is 2. The lowest BCUT2D eigenvalue weighted by Gasteiger charge is -2.24. The zero-order valence-corrected chi connectivity index (χ0v) is 16.4. The molecule has 2 amide bonds. The van der Waals surface area contributed by atoms with Crippen LogP contribution in [0.3, 0.4) is 0 Å². The molecule has 26 heavy (non-hydrogen) atoms. The first-order valence-electron chi connectivity index (χ1n) is 8.32. The highest BCUT2D eigenvalue weighted by molar-refractivity contribution is 6.06. The second kappa shape index (κ2) is 8.72. The zero-order valence-electron chi connectivity index (χ0n) is 15.6. The molecule has 0 bridgehead atoms. The number of carbonyl (C=O) groups is 2. The minimum atomic E-state index is -0.255. The van der Waals surface area contributed by atoms with Gasteiger partial charge in [-0.15, -0.1) is 12.4 Å². The van der Waals surface area contributed by atoms with Gasteiger partial charge in [0.2, 0.25) is 0 Å². The Labute approximate surface area is 160 Å². The van der Waals surface area contributed by atoms with Crippen LogP contribution in [0.1, 0.15) is 53.5 Å². The fraction of sp³-hybridized carbons (Fsp3) is 0.300. The number of anilines is 2. The van der Waals surface area contributed by atoms with Gasteiger partial charge in [-0.2, -0.15) is 0 Å². The van der Waals surface area contributed by atoms with Crippen LogP contribution < -0.4 is 16.4 Å². The van der Waals surface area contributed by atoms with E-state index in [2.05, 4.69) is 10.6 Å². The van der Waals surface area contributed by atoms with Gasteiger partial charge in [-0.1, -0.05) is 13.0 Å². The van der Waals surface area contributed by atoms with Gasteiger partial charge in [0.1, 0.15) is 0 Å². The van der Waals surface area contributed by atoms with Crippen molar-refractivity contribution in [3.63, 3.8) is 0 Å². The molecule has 2 aromatic carbocycles. The highest BCUT2D eigenvalue weighted by atomic mass is 35.5. The molecule has 0 radical (unpaired) electrons. The van der Waals surface area contributed by atoms with Crippen LogP contribution in [0.2, 0.25) is 0 Å². The fourth-order valence-electron chi connectivity index (χ4n) is 2.26. The van der Waals surface area contributed by atoms with E-state index in [1.165, 1.54) is 0 Å². The molecule has 2 rings (SSSR count). The van der Waals surface area contributed by atoms with Gasteiger partial charge in [-0.05, 0) is 69.2 Å². The average Bonchev–Trinajstić information content (AvgIpc) is 2.57. The standard InChI is InChI=1S/C20H25N3O2.ClH/c1-5-20(3,4)23-18(24)14-7-10-16(11-8-14)22-19(25)17-12-15(21)9-6-13(17)2;/h6-12H,5,21H2,1-4H3,(H,22,25)(H,23,24);1H. The maximum absolute atomic E-state index is 12.4. The molecule has 2 aromatic rings. The minimum absolute atomic E-state index is 0. The largest absolute Gasteiger partial charge is 0.399 e. The topological polar surface area (TPSA) is 84.2 Å². The van der Waals surface area contributed by atoms with Gasteiger partial charge in [-0.25, -0.2) is 0 Å². The van der Waals surface area contributed by atoms with E-state index < -0.39 is 0 Å². The predicted molar refractivity (Wildman–Crippen MR) is 109 cm³/mol. The first-order valence-corrected chi connectivity index (χ1v) is 8.32. The van der Waals surface area contributed by atoms with Crippen LogP contribution in [-0.2, 0) is 0 Å². The highest BCUT2D eigenvalue weighted by Crippen LogP contribution is 2.17. The summed E-state index contributed by atoms with van der Waals surface area (Å²) in [7, 11) is 0. The predicted octanol–water partition coefficient (Wildman–Crippen LogP) is 4.17. The first-order chi connectivity index (χ1) is 11.7. The number of nitrogen functional groups attached to an aromatic ring is 1. The van der Waals surface area contributed by atoms with Crippen LogP contribution in [0, 0.1) is 6.92 Å². The Morgan fingerprint density at radius 2 is 1.65 bits per heavy atom. The van der Waals surface area contributed by atoms with Gasteiger partial charge in [0.15, 0.2) is 0 Å². The molecule has 0 saturated heterocycles. The van der Waals surface area contributed by atoms with Crippen molar-refractivity contribution < 1.29 is 9.59 Å². The summed E-state index contributed by atoms with van der Waals surface area (Å²) in [5, 5.41) is 5.81. The Morgan fingerprint density at radius 1 is 1.04 bits per heavy atom. The lowest BCUT2D eigenvalue weighted by molar-refractivity contribution is 0.0911. The van der Waals surface area contributed by atoms with Crippen LogP contribution in [-0.4, -0.2) is 17.4 Å². The third-order valence-electron chi connectivity index (χ3n) is 4.25. The van der Waals surface area contributed by atoms with Gasteiger partial charge in [0.25, 0.3) is 11.8 Å². The lowest BCUT2D eigenvalue weighted by Crippen LogP contribution is -2.42. The maximum Gasteiger partial charge on any atom is 0.256 e. The molecule has 0 aliphatic carbocycles. The maximum atomic E-state index is 12.4. The molecule has 6 heteroatoms. The van der Waals surface area contributed by atoms with Crippen LogP contribution in [0.15, 0.2) is 42.5 Å². The molecule has 0 aliphatic heterocycles. The van der Waals surface area contributed by atoms with E-state index in [0.717, 1.165) is 12.0 Å². The second-order valence-electron chi connectivity index (χ2n) is 6.80. The fourth-order valence-corrected chi connectivity index (χ4v) is 2.26. The summed E-state index contributed by atoms with van der Waals surface area (Å²) in [4.78, 5) is 24.6. The van der Waals surface area contributed by atoms with E-state index >= 15 is 0 Å². The van der Waals surface area contributed by atoms with Gasteiger partial charge < -0.3 is 16.4 Å². The van der Waals surface area contributed by atoms with Gasteiger partial charge in [0, 0.05) is 28.0 Å². The van der Waals surface area contributed by atoms with E-state index in [1.807, 2.05) is 33.8 Å². The summed E-state index contributed by atoms with van der Waals surface area (Å²) >= 11 is 0. The Balaban J connectivity index is 0.00000338. The summed E-state index contributed by atoms with van der Waals surface area (Å²) in [6.07, 6.45) is 0.840. The number of nitrogens with two attached hydrogens (primary N) is 1. The number of halogens is 1. The van der Waals surface area contributed by atoms with Gasteiger partial charge in [0.05, 0.1) is 0 Å². The summed E-state index contributed by atoms with van der Waals surface area (Å²) in [6, 6.07) is 12.1. The Bertz CT molecular complexity index is 786. The van der Waals surface area contributed by atoms with Crippen molar-refractivity contribution in [1.82, 2.24) is 5.32 Å². The van der Waals surface area contributed by atoms with Gasteiger partial charge >= 0.3 is 0 Å². The SMILES string of the molecule is CCC(C)(C)NC(=O)c1ccc(NC(=O)c2cc(N)ccc2C)cc1.Cl. The number of rotatable bonds is 5. The number of benzene rings is 2. The molecular weight excluding hydrogens is 350 g/mol. The third-order valence-corrected chi connectivity index (χ3v) is 4.25. The van der Waals surface area contributed by atoms with Crippen molar-refractivity contribution in [2.45, 2.75) is 39.7 Å². The van der Waals surface area contributed by atoms with Crippen molar-refractivity contribution in [2.24, 2.45) is 0 Å². The van der Waals surface area contributed by atoms with Crippen LogP contribution in [0.5, 0.6) is 0 Å². The summed E-state index contributed by atoms with van der Waals surface area (Å²) < 4.78 is 0. The molecule has 140 valence electrons. The Morgan fingerprint density at radius 3 is 2.23 bits per heavy atom. The number of hydrogen-bond acceptors (Lipinski definition) is 3. The molecule has 0 spiro atoms. The molecule has 4 N–H and O–H groups in total. The van der Waals surface area contributed by atoms with Crippen molar-refractivity contribution >= 4 is 35.6 Å². The van der Waals surface area contributed by atoms with Crippen LogP contribution in [0.4, 0.5) is 11.4 Å². The zero-order chi connectivity index (χ0) is 18.6. The molecule has 0 aromatic heterocycles. The number of carbonyl (C=O) groups excluding carboxylic acids is 2. The smallest absolute Gasteiger partial charge is 0.256 e. The molecule has 0 heterocycles. The van der Waals surface area contributed by atoms with Crippen molar-refractivity contribution in [2.75, 3.05) is 11.1 Å². The lowest BCUT2D eigenvalue weighted by atomic mass is 10.0. The third kappa shape index (κ3) is 5.49. The van der Waals surface area contributed by atoms with Crippen LogP contribution in [0.25, 0.3) is 0 Å². The molecule has 0 saturated carbocycles. The molecule has 0 aliphatic rings. The van der Waals surface area contributed by atoms with Crippen molar-refractivity contribution in [3.8, 4) is 0 Å². The molecule has 0 fully saturated rings. The summed E-state index contributed by atoms with van der Waals surface area (Å²) in [5.41, 5.74) is 8.60. The van der Waals surface area contributed by atoms with Gasteiger partial charge in [-0.3, -0.25) is 9.59 Å². The van der Waals surface area contributed by atoms with Crippen LogP contribution >= 0.6 is 12.4 Å². The van der Waals surface area contributed by atoms with E-state index in [1.54, 1.807) is 36.4 Å². The Kier molecular flexibility index (Phi) is 7.21. The molecule has 0 atom stereocenters. The molecular formula is C20H26ClN3O2. The second-order valence-corrected chi connectivity index (χ2v) is 6.80. The summed E-state index contributed by atoms with van der Waals surface area (Å²) in [5.74, 6) is -0.356. The molecule has 5 nitrogen and oxygen atoms in total. The quantitative estimate of drug-likeness (QED) is 0.685. The van der Waals surface area contributed by atoms with Crippen molar-refractivity contribution in [1.29, 1.82) is 0 Å². The van der Waals surface area contributed by atoms with Crippen molar-refractivity contribution in [3.05, 3.63) is 59.2 Å². The van der Waals surface area contributed by atoms with E-state index in [0.29, 0.717) is 22.5 Å². The normalized spacial score (nSPS) is 10.6. The first kappa shape index (κ1) is 21.5. The monoisotopic (exact) mass is 375 g/mol. The minimum Gasteiger partial charge on any atom is -0.399 e. The number of aryl methyl sites for hydroxylation is 1. The number of nitrogens with one attached hydrogen (secondary N) is 2. The average molecular weight is 376 g/mol. The van der Waals surface area contributed by atoms with E-state index in [-0.39, 0.29) is 29.8 Å².